The van der Waals surface area contributed by atoms with Crippen LogP contribution < -0.4 is 0 Å². The molecule has 0 radical (unpaired) electrons. The maximum absolute atomic E-state index is 2.29. The zero-order valence-electron chi connectivity index (χ0n) is 13.3. The van der Waals surface area contributed by atoms with Gasteiger partial charge in [-0.2, -0.15) is 0 Å². The lowest BCUT2D eigenvalue weighted by Gasteiger charge is -2.09. The fourth-order valence-electron chi connectivity index (χ4n) is 2.40. The Morgan fingerprint density at radius 2 is 1.39 bits per heavy atom. The molecule has 0 amide bonds. The van der Waals surface area contributed by atoms with E-state index in [1.54, 1.807) is 0 Å². The lowest BCUT2D eigenvalue weighted by Crippen LogP contribution is -1.88. The highest BCUT2D eigenvalue weighted by Crippen LogP contribution is 2.30. The molecule has 3 aromatic rings. The van der Waals surface area contributed by atoms with E-state index in [0.29, 0.717) is 0 Å². The summed E-state index contributed by atoms with van der Waals surface area (Å²) in [6.07, 6.45) is 3.24. The van der Waals surface area contributed by atoms with Gasteiger partial charge in [-0.05, 0) is 41.2 Å². The highest BCUT2D eigenvalue weighted by Gasteiger charge is 2.04. The van der Waals surface area contributed by atoms with Crippen LogP contribution in [0.2, 0.25) is 0 Å². The molecule has 0 nitrogen and oxygen atoms in total. The van der Waals surface area contributed by atoms with Crippen molar-refractivity contribution < 1.29 is 0 Å². The zero-order chi connectivity index (χ0) is 15.9. The van der Waals surface area contributed by atoms with Crippen molar-refractivity contribution in [3.8, 4) is 0 Å². The van der Waals surface area contributed by atoms with Gasteiger partial charge in [0.25, 0.3) is 0 Å². The molecule has 3 rings (SSSR count). The molecule has 0 unspecified atom stereocenters. The van der Waals surface area contributed by atoms with Crippen LogP contribution in [0, 0.1) is 6.92 Å². The van der Waals surface area contributed by atoms with Crippen molar-refractivity contribution in [3.05, 3.63) is 107 Å². The van der Waals surface area contributed by atoms with Crippen molar-refractivity contribution in [1.82, 2.24) is 0 Å². The van der Waals surface area contributed by atoms with Crippen molar-refractivity contribution in [2.45, 2.75) is 18.2 Å². The van der Waals surface area contributed by atoms with Crippen LogP contribution in [0.25, 0.3) is 6.08 Å². The monoisotopic (exact) mass is 316 g/mol. The molecular weight excluding hydrogens is 296 g/mol. The summed E-state index contributed by atoms with van der Waals surface area (Å²) in [7, 11) is 0. The molecule has 0 saturated heterocycles. The largest absolute Gasteiger partial charge is 0.0942 e. The van der Waals surface area contributed by atoms with Gasteiger partial charge in [0, 0.05) is 11.3 Å². The van der Waals surface area contributed by atoms with E-state index >= 15 is 0 Å². The Balaban J connectivity index is 1.86. The van der Waals surface area contributed by atoms with Crippen molar-refractivity contribution in [3.63, 3.8) is 0 Å². The molecule has 0 fully saturated rings. The minimum Gasteiger partial charge on any atom is -0.0942 e. The van der Waals surface area contributed by atoms with E-state index in [-0.39, 0.29) is 0 Å². The third kappa shape index (κ3) is 4.87. The van der Waals surface area contributed by atoms with Crippen LogP contribution in [0.1, 0.15) is 16.7 Å². The van der Waals surface area contributed by atoms with Crippen LogP contribution in [-0.2, 0) is 6.42 Å². The van der Waals surface area contributed by atoms with E-state index in [2.05, 4.69) is 97.9 Å². The first-order chi connectivity index (χ1) is 11.3. The minimum absolute atomic E-state index is 0.953. The highest BCUT2D eigenvalue weighted by molar-refractivity contribution is 8.03. The second kappa shape index (κ2) is 7.85. The Hall–Kier alpha value is -2.25. The summed E-state index contributed by atoms with van der Waals surface area (Å²) in [5.74, 6) is 0. The van der Waals surface area contributed by atoms with Crippen molar-refractivity contribution >= 4 is 17.8 Å². The van der Waals surface area contributed by atoms with Gasteiger partial charge in [0.05, 0.1) is 0 Å². The third-order valence-electron chi connectivity index (χ3n) is 3.62. The lowest BCUT2D eigenvalue weighted by atomic mass is 10.1. The first kappa shape index (κ1) is 15.6. The average molecular weight is 316 g/mol. The van der Waals surface area contributed by atoms with Gasteiger partial charge in [-0.1, -0.05) is 90.1 Å². The van der Waals surface area contributed by atoms with Gasteiger partial charge in [-0.25, -0.2) is 0 Å². The maximum Gasteiger partial charge on any atom is 0.0119 e. The number of hydrogen-bond acceptors (Lipinski definition) is 1. The molecule has 0 aliphatic carbocycles. The van der Waals surface area contributed by atoms with Crippen LogP contribution in [0.3, 0.4) is 0 Å². The predicted molar refractivity (Wildman–Crippen MR) is 102 cm³/mol. The molecule has 0 atom stereocenters. The Bertz CT molecular complexity index is 756. The molecule has 0 bridgehead atoms. The van der Waals surface area contributed by atoms with E-state index in [1.807, 2.05) is 11.8 Å². The quantitative estimate of drug-likeness (QED) is 0.493. The molecule has 0 aliphatic rings. The average Bonchev–Trinajstić information content (AvgIpc) is 2.59. The molecule has 0 heterocycles. The molecule has 0 aromatic heterocycles. The molecule has 23 heavy (non-hydrogen) atoms. The number of rotatable bonds is 5. The summed E-state index contributed by atoms with van der Waals surface area (Å²) < 4.78 is 0. The summed E-state index contributed by atoms with van der Waals surface area (Å²) in [6.45, 7) is 2.13. The van der Waals surface area contributed by atoms with Gasteiger partial charge in [-0.15, -0.1) is 0 Å². The van der Waals surface area contributed by atoms with Crippen LogP contribution >= 0.6 is 11.8 Å². The number of thioether (sulfide) groups is 1. The van der Waals surface area contributed by atoms with Gasteiger partial charge in [0.15, 0.2) is 0 Å². The number of benzene rings is 3. The highest BCUT2D eigenvalue weighted by atomic mass is 32.2. The maximum atomic E-state index is 2.29. The number of allylic oxidation sites excluding steroid dienone is 1. The van der Waals surface area contributed by atoms with E-state index in [9.17, 15) is 0 Å². The molecule has 0 spiro atoms. The summed E-state index contributed by atoms with van der Waals surface area (Å²) in [5, 5.41) is 0. The molecule has 0 aliphatic heterocycles. The second-order valence-electron chi connectivity index (χ2n) is 5.60. The molecule has 3 aromatic carbocycles. The SMILES string of the molecule is Cc1ccc(C/C(=C/c2ccccc2)Sc2ccccc2)cc1. The summed E-state index contributed by atoms with van der Waals surface area (Å²) >= 11 is 1.84. The van der Waals surface area contributed by atoms with Crippen LogP contribution in [0.15, 0.2) is 94.7 Å². The third-order valence-corrected chi connectivity index (χ3v) is 4.65. The Labute approximate surface area is 142 Å². The van der Waals surface area contributed by atoms with Crippen LogP contribution in [0.4, 0.5) is 0 Å². The Kier molecular flexibility index (Phi) is 5.33. The Morgan fingerprint density at radius 1 is 0.783 bits per heavy atom. The van der Waals surface area contributed by atoms with Gasteiger partial charge < -0.3 is 0 Å². The van der Waals surface area contributed by atoms with Gasteiger partial charge >= 0.3 is 0 Å². The predicted octanol–water partition coefficient (Wildman–Crippen LogP) is 6.37. The van der Waals surface area contributed by atoms with Crippen molar-refractivity contribution in [1.29, 1.82) is 0 Å². The topological polar surface area (TPSA) is 0 Å². The fourth-order valence-corrected chi connectivity index (χ4v) is 3.43. The Morgan fingerprint density at radius 3 is 2.04 bits per heavy atom. The molecular formula is C22H20S. The van der Waals surface area contributed by atoms with Gasteiger partial charge in [0.2, 0.25) is 0 Å². The lowest BCUT2D eigenvalue weighted by molar-refractivity contribution is 1.24. The van der Waals surface area contributed by atoms with Gasteiger partial charge in [0.1, 0.15) is 0 Å². The van der Waals surface area contributed by atoms with E-state index in [4.69, 9.17) is 0 Å². The van der Waals surface area contributed by atoms with Crippen molar-refractivity contribution in [2.75, 3.05) is 0 Å². The molecule has 0 saturated carbocycles. The molecule has 0 N–H and O–H groups in total. The van der Waals surface area contributed by atoms with E-state index in [0.717, 1.165) is 6.42 Å². The molecule has 114 valence electrons. The second-order valence-corrected chi connectivity index (χ2v) is 6.80. The van der Waals surface area contributed by atoms with E-state index in [1.165, 1.54) is 26.5 Å². The zero-order valence-corrected chi connectivity index (χ0v) is 14.1. The summed E-state index contributed by atoms with van der Waals surface area (Å²) in [4.78, 5) is 2.63. The first-order valence-electron chi connectivity index (χ1n) is 7.84. The summed E-state index contributed by atoms with van der Waals surface area (Å²) in [5.41, 5.74) is 3.90. The van der Waals surface area contributed by atoms with E-state index < -0.39 is 0 Å². The van der Waals surface area contributed by atoms with Gasteiger partial charge in [-0.3, -0.25) is 0 Å². The summed E-state index contributed by atoms with van der Waals surface area (Å²) in [6, 6.07) is 29.9. The fraction of sp³-hybridized carbons (Fsp3) is 0.0909. The van der Waals surface area contributed by atoms with Crippen LogP contribution in [-0.4, -0.2) is 0 Å². The van der Waals surface area contributed by atoms with Crippen LogP contribution in [0.5, 0.6) is 0 Å². The standard InChI is InChI=1S/C22H20S/c1-18-12-14-20(15-13-18)17-22(16-19-8-4-2-5-9-19)23-21-10-6-3-7-11-21/h2-16H,17H2,1H3/b22-16-. The number of hydrogen-bond donors (Lipinski definition) is 0. The smallest absolute Gasteiger partial charge is 0.0119 e. The molecule has 1 heteroatoms. The minimum atomic E-state index is 0.953. The number of aryl methyl sites for hydroxylation is 1. The normalized spacial score (nSPS) is 11.4. The van der Waals surface area contributed by atoms with Crippen molar-refractivity contribution in [2.24, 2.45) is 0 Å². The first-order valence-corrected chi connectivity index (χ1v) is 8.65.